The molecule has 1 amide bonds. The van der Waals surface area contributed by atoms with Crippen LogP contribution in [0.15, 0.2) is 18.2 Å². The number of carboxylic acids is 1. The molecule has 0 aromatic heterocycles. The summed E-state index contributed by atoms with van der Waals surface area (Å²) in [4.78, 5) is 24.2. The van der Waals surface area contributed by atoms with Gasteiger partial charge in [0.2, 0.25) is 0 Å². The molecule has 2 atom stereocenters. The van der Waals surface area contributed by atoms with E-state index in [1.807, 2.05) is 6.92 Å². The Morgan fingerprint density at radius 2 is 2.13 bits per heavy atom. The minimum absolute atomic E-state index is 0.104. The summed E-state index contributed by atoms with van der Waals surface area (Å²) in [6, 6.07) is 3.50. The van der Waals surface area contributed by atoms with Crippen molar-refractivity contribution in [3.05, 3.63) is 34.6 Å². The molecule has 1 aromatic rings. The van der Waals surface area contributed by atoms with E-state index in [0.717, 1.165) is 6.07 Å². The Kier molecular flexibility index (Phi) is 4.69. The Bertz CT molecular complexity index is 649. The second kappa shape index (κ2) is 6.09. The summed E-state index contributed by atoms with van der Waals surface area (Å²) >= 11 is 5.67. The molecular weight excluding hydrogens is 325 g/mol. The molecule has 0 unspecified atom stereocenters. The summed E-state index contributed by atoms with van der Waals surface area (Å²) in [5.74, 6) is -2.38. The van der Waals surface area contributed by atoms with Crippen LogP contribution < -0.4 is 5.32 Å². The standard InChI is InChI=1S/C16H19ClFNO4/c1-4-23-12-8-16(14(21)22,15(12,2)3)19-13(20)9-5-6-11(18)10(17)7-9/h5-7,12H,4,8H2,1-3H3,(H,19,20)(H,21,22)/t12-,16+/m1/s1. The topological polar surface area (TPSA) is 75.6 Å². The van der Waals surface area contributed by atoms with Gasteiger partial charge in [-0.1, -0.05) is 25.4 Å². The quantitative estimate of drug-likeness (QED) is 0.862. The molecule has 7 heteroatoms. The SMILES string of the molecule is CCO[C@@H]1C[C@](NC(=O)c2ccc(F)c(Cl)c2)(C(=O)O)C1(C)C. The van der Waals surface area contributed by atoms with Gasteiger partial charge in [0.15, 0.2) is 0 Å². The molecule has 126 valence electrons. The van der Waals surface area contributed by atoms with Gasteiger partial charge in [-0.25, -0.2) is 9.18 Å². The van der Waals surface area contributed by atoms with Crippen molar-refractivity contribution in [2.24, 2.45) is 5.41 Å². The van der Waals surface area contributed by atoms with Crippen LogP contribution in [0.5, 0.6) is 0 Å². The largest absolute Gasteiger partial charge is 0.479 e. The summed E-state index contributed by atoms with van der Waals surface area (Å²) in [6.45, 7) is 5.77. The molecule has 0 aliphatic heterocycles. The van der Waals surface area contributed by atoms with Crippen molar-refractivity contribution in [3.8, 4) is 0 Å². The van der Waals surface area contributed by atoms with E-state index in [4.69, 9.17) is 16.3 Å². The van der Waals surface area contributed by atoms with Crippen molar-refractivity contribution < 1.29 is 23.8 Å². The van der Waals surface area contributed by atoms with E-state index in [1.54, 1.807) is 13.8 Å². The molecule has 2 rings (SSSR count). The van der Waals surface area contributed by atoms with Crippen molar-refractivity contribution in [1.82, 2.24) is 5.32 Å². The lowest BCUT2D eigenvalue weighted by atomic mass is 9.54. The second-order valence-electron chi connectivity index (χ2n) is 6.16. The zero-order valence-electron chi connectivity index (χ0n) is 13.2. The van der Waals surface area contributed by atoms with E-state index < -0.39 is 28.6 Å². The highest BCUT2D eigenvalue weighted by Gasteiger charge is 2.66. The smallest absolute Gasteiger partial charge is 0.330 e. The monoisotopic (exact) mass is 343 g/mol. The number of benzene rings is 1. The number of rotatable bonds is 5. The normalized spacial score (nSPS) is 25.5. The highest BCUT2D eigenvalue weighted by atomic mass is 35.5. The Morgan fingerprint density at radius 1 is 1.48 bits per heavy atom. The number of halogens is 2. The highest BCUT2D eigenvalue weighted by Crippen LogP contribution is 2.51. The maximum Gasteiger partial charge on any atom is 0.330 e. The van der Waals surface area contributed by atoms with Crippen molar-refractivity contribution in [3.63, 3.8) is 0 Å². The number of ether oxygens (including phenoxy) is 1. The van der Waals surface area contributed by atoms with Crippen LogP contribution in [-0.2, 0) is 9.53 Å². The van der Waals surface area contributed by atoms with Gasteiger partial charge in [-0.2, -0.15) is 0 Å². The minimum Gasteiger partial charge on any atom is -0.479 e. The summed E-state index contributed by atoms with van der Waals surface area (Å²) in [5, 5.41) is 12.0. The lowest BCUT2D eigenvalue weighted by Gasteiger charge is -2.58. The number of carbonyl (C=O) groups excluding carboxylic acids is 1. The predicted octanol–water partition coefficient (Wildman–Crippen LogP) is 2.87. The molecule has 1 aliphatic rings. The van der Waals surface area contributed by atoms with Crippen LogP contribution in [0.2, 0.25) is 5.02 Å². The lowest BCUT2D eigenvalue weighted by molar-refractivity contribution is -0.190. The fraction of sp³-hybridized carbons (Fsp3) is 0.500. The molecule has 1 aromatic carbocycles. The number of carboxylic acid groups (broad SMARTS) is 1. The Labute approximate surface area is 138 Å². The third kappa shape index (κ3) is 2.81. The zero-order chi connectivity index (χ0) is 17.4. The van der Waals surface area contributed by atoms with Crippen molar-refractivity contribution in [1.29, 1.82) is 0 Å². The molecule has 5 nitrogen and oxygen atoms in total. The maximum absolute atomic E-state index is 13.2. The van der Waals surface area contributed by atoms with Crippen molar-refractivity contribution in [2.45, 2.75) is 38.8 Å². The second-order valence-corrected chi connectivity index (χ2v) is 6.57. The summed E-state index contributed by atoms with van der Waals surface area (Å²) in [5.41, 5.74) is -2.12. The van der Waals surface area contributed by atoms with Gasteiger partial charge >= 0.3 is 5.97 Å². The van der Waals surface area contributed by atoms with Gasteiger partial charge in [0.05, 0.1) is 11.1 Å². The number of carbonyl (C=O) groups is 2. The van der Waals surface area contributed by atoms with E-state index in [-0.39, 0.29) is 23.1 Å². The molecule has 1 saturated carbocycles. The van der Waals surface area contributed by atoms with Crippen LogP contribution in [0.3, 0.4) is 0 Å². The third-order valence-electron chi connectivity index (χ3n) is 4.64. The van der Waals surface area contributed by atoms with Gasteiger partial charge in [0.25, 0.3) is 5.91 Å². The van der Waals surface area contributed by atoms with E-state index in [2.05, 4.69) is 5.32 Å². The van der Waals surface area contributed by atoms with Crippen LogP contribution >= 0.6 is 11.6 Å². The molecular formula is C16H19ClFNO4. The molecule has 0 bridgehead atoms. The molecule has 1 fully saturated rings. The molecule has 0 spiro atoms. The first kappa shape index (κ1) is 17.7. The molecule has 0 saturated heterocycles. The number of nitrogens with one attached hydrogen (secondary N) is 1. The van der Waals surface area contributed by atoms with Crippen molar-refractivity contribution in [2.75, 3.05) is 6.61 Å². The van der Waals surface area contributed by atoms with Crippen LogP contribution in [0.4, 0.5) is 4.39 Å². The molecule has 2 N–H and O–H groups in total. The third-order valence-corrected chi connectivity index (χ3v) is 4.93. The molecule has 1 aliphatic carbocycles. The number of amides is 1. The Balaban J connectivity index is 2.26. The van der Waals surface area contributed by atoms with Gasteiger partial charge < -0.3 is 15.2 Å². The Hall–Kier alpha value is -1.66. The summed E-state index contributed by atoms with van der Waals surface area (Å²) < 4.78 is 18.7. The van der Waals surface area contributed by atoms with Crippen LogP contribution in [0.1, 0.15) is 37.6 Å². The summed E-state index contributed by atoms with van der Waals surface area (Å²) in [6.07, 6.45) is -0.0928. The van der Waals surface area contributed by atoms with Gasteiger partial charge in [-0.05, 0) is 25.1 Å². The van der Waals surface area contributed by atoms with Crippen LogP contribution in [0, 0.1) is 11.2 Å². The van der Waals surface area contributed by atoms with E-state index in [9.17, 15) is 19.1 Å². The van der Waals surface area contributed by atoms with Crippen LogP contribution in [-0.4, -0.2) is 35.2 Å². The van der Waals surface area contributed by atoms with Gasteiger partial charge in [-0.15, -0.1) is 0 Å². The fourth-order valence-electron chi connectivity index (χ4n) is 2.94. The lowest BCUT2D eigenvalue weighted by Crippen LogP contribution is -2.76. The minimum atomic E-state index is -1.44. The first-order chi connectivity index (χ1) is 10.7. The number of aliphatic carboxylic acids is 1. The number of hydrogen-bond acceptors (Lipinski definition) is 3. The van der Waals surface area contributed by atoms with Gasteiger partial charge in [-0.3, -0.25) is 4.79 Å². The van der Waals surface area contributed by atoms with Gasteiger partial charge in [0, 0.05) is 24.0 Å². The first-order valence-electron chi connectivity index (χ1n) is 7.28. The molecule has 0 heterocycles. The van der Waals surface area contributed by atoms with E-state index in [1.165, 1.54) is 12.1 Å². The van der Waals surface area contributed by atoms with Crippen LogP contribution in [0.25, 0.3) is 0 Å². The van der Waals surface area contributed by atoms with E-state index in [0.29, 0.717) is 6.61 Å². The van der Waals surface area contributed by atoms with Gasteiger partial charge in [0.1, 0.15) is 11.4 Å². The maximum atomic E-state index is 13.2. The van der Waals surface area contributed by atoms with Crippen molar-refractivity contribution >= 4 is 23.5 Å². The molecule has 0 radical (unpaired) electrons. The zero-order valence-corrected chi connectivity index (χ0v) is 13.9. The molecule has 23 heavy (non-hydrogen) atoms. The average Bonchev–Trinajstić information content (AvgIpc) is 2.48. The first-order valence-corrected chi connectivity index (χ1v) is 7.66. The summed E-state index contributed by atoms with van der Waals surface area (Å²) in [7, 11) is 0. The number of hydrogen-bond donors (Lipinski definition) is 2. The fourth-order valence-corrected chi connectivity index (χ4v) is 3.12. The predicted molar refractivity (Wildman–Crippen MR) is 83.1 cm³/mol. The Morgan fingerprint density at radius 3 is 2.61 bits per heavy atom. The van der Waals surface area contributed by atoms with E-state index >= 15 is 0 Å². The highest BCUT2D eigenvalue weighted by molar-refractivity contribution is 6.31. The average molecular weight is 344 g/mol.